The third-order valence-electron chi connectivity index (χ3n) is 8.78. The van der Waals surface area contributed by atoms with Crippen LogP contribution in [0.2, 0.25) is 0 Å². The van der Waals surface area contributed by atoms with Gasteiger partial charge in [-0.15, -0.1) is 0 Å². The van der Waals surface area contributed by atoms with Crippen LogP contribution in [0.4, 0.5) is 11.4 Å². The molecule has 1 unspecified atom stereocenters. The molecular weight excluding hydrogens is 637 g/mol. The maximum atomic E-state index is 13.7. The van der Waals surface area contributed by atoms with E-state index in [9.17, 15) is 9.35 Å². The van der Waals surface area contributed by atoms with Crippen LogP contribution < -0.4 is 19.7 Å². The van der Waals surface area contributed by atoms with Crippen LogP contribution in [0.25, 0.3) is 17.2 Å². The Hall–Kier alpha value is -4.25. The molecular formula is C39H46N4O5S. The summed E-state index contributed by atoms with van der Waals surface area (Å²) >= 11 is -1.22. The number of nitrogens with zero attached hydrogens (tertiary/aromatic N) is 3. The highest BCUT2D eigenvalue weighted by Crippen LogP contribution is 2.42. The van der Waals surface area contributed by atoms with Gasteiger partial charge in [0.1, 0.15) is 24.7 Å². The lowest BCUT2D eigenvalue weighted by molar-refractivity contribution is -0.112. The fourth-order valence-corrected chi connectivity index (χ4v) is 7.31. The van der Waals surface area contributed by atoms with Crippen LogP contribution in [0.1, 0.15) is 57.2 Å². The lowest BCUT2D eigenvalue weighted by atomic mass is 9.95. The maximum Gasteiger partial charge on any atom is 0.251 e. The fraction of sp³-hybridized carbons (Fsp3) is 0.385. The number of amides is 1. The van der Waals surface area contributed by atoms with Crippen molar-refractivity contribution in [1.82, 2.24) is 9.55 Å². The smallest absolute Gasteiger partial charge is 0.251 e. The van der Waals surface area contributed by atoms with Gasteiger partial charge in [-0.25, -0.2) is 4.98 Å². The van der Waals surface area contributed by atoms with Crippen molar-refractivity contribution in [3.05, 3.63) is 90.0 Å². The van der Waals surface area contributed by atoms with Gasteiger partial charge in [0.15, 0.2) is 10.6 Å². The van der Waals surface area contributed by atoms with E-state index in [2.05, 4.69) is 53.3 Å². The summed E-state index contributed by atoms with van der Waals surface area (Å²) in [6.45, 7) is 9.26. The summed E-state index contributed by atoms with van der Waals surface area (Å²) in [4.78, 5) is 21.0. The van der Waals surface area contributed by atoms with Crippen LogP contribution in [0, 0.1) is 0 Å². The Morgan fingerprint density at radius 1 is 1.00 bits per heavy atom. The Kier molecular flexibility index (Phi) is 11.9. The van der Waals surface area contributed by atoms with Crippen LogP contribution in [0.15, 0.2) is 83.7 Å². The number of aromatic nitrogens is 2. The van der Waals surface area contributed by atoms with Crippen molar-refractivity contribution in [2.24, 2.45) is 0 Å². The molecule has 9 nitrogen and oxygen atoms in total. The highest BCUT2D eigenvalue weighted by molar-refractivity contribution is 7.90. The number of carbonyl (C=O) groups excluding carboxylic acids is 1. The number of unbranched alkanes of at least 4 members (excludes halogenated alkanes) is 1. The average Bonchev–Trinajstić information content (AvgIpc) is 3.54. The molecule has 1 aromatic heterocycles. The van der Waals surface area contributed by atoms with Gasteiger partial charge in [0, 0.05) is 36.5 Å². The third-order valence-corrected chi connectivity index (χ3v) is 10.1. The summed E-state index contributed by atoms with van der Waals surface area (Å²) in [5.74, 6) is 1.90. The second-order valence-corrected chi connectivity index (χ2v) is 13.9. The highest BCUT2D eigenvalue weighted by Gasteiger charge is 2.25. The Labute approximate surface area is 292 Å². The first-order valence-electron chi connectivity index (χ1n) is 17.4. The molecule has 0 bridgehead atoms. The molecule has 2 aliphatic heterocycles. The normalized spacial score (nSPS) is 15.7. The van der Waals surface area contributed by atoms with E-state index in [1.807, 2.05) is 47.0 Å². The van der Waals surface area contributed by atoms with Crippen molar-refractivity contribution in [2.45, 2.75) is 63.1 Å². The number of anilines is 2. The molecule has 49 heavy (non-hydrogen) atoms. The second kappa shape index (κ2) is 16.9. The predicted octanol–water partition coefficient (Wildman–Crippen LogP) is 7.48. The van der Waals surface area contributed by atoms with E-state index < -0.39 is 11.2 Å². The topological polar surface area (TPSA) is 101 Å². The number of carbonyl (C=O) groups is 1. The van der Waals surface area contributed by atoms with Crippen molar-refractivity contribution < 1.29 is 23.6 Å². The second-order valence-electron chi connectivity index (χ2n) is 12.4. The third kappa shape index (κ3) is 8.86. The molecule has 6 rings (SSSR count). The number of hydrogen-bond acceptors (Lipinski definition) is 7. The Morgan fingerprint density at radius 2 is 1.84 bits per heavy atom. The van der Waals surface area contributed by atoms with Gasteiger partial charge in [0.25, 0.3) is 5.91 Å². The van der Waals surface area contributed by atoms with Gasteiger partial charge in [-0.3, -0.25) is 4.79 Å². The number of ether oxygens (including phenoxy) is 3. The van der Waals surface area contributed by atoms with Crippen LogP contribution in [0.3, 0.4) is 0 Å². The zero-order valence-electron chi connectivity index (χ0n) is 28.5. The Bertz CT molecular complexity index is 1720. The van der Waals surface area contributed by atoms with E-state index in [1.165, 1.54) is 0 Å². The predicted molar refractivity (Wildman–Crippen MR) is 196 cm³/mol. The minimum Gasteiger partial charge on any atom is -0.611 e. The number of nitrogens with one attached hydrogen (secondary N) is 1. The molecule has 0 spiro atoms. The summed E-state index contributed by atoms with van der Waals surface area (Å²) in [5, 5.41) is 3.08. The molecule has 0 saturated heterocycles. The first-order valence-corrected chi connectivity index (χ1v) is 18.7. The van der Waals surface area contributed by atoms with Gasteiger partial charge < -0.3 is 33.5 Å². The van der Waals surface area contributed by atoms with Gasteiger partial charge in [0.2, 0.25) is 0 Å². The average molecular weight is 683 g/mol. The molecule has 0 radical (unpaired) electrons. The summed E-state index contributed by atoms with van der Waals surface area (Å²) in [6, 6.07) is 19.6. The summed E-state index contributed by atoms with van der Waals surface area (Å²) in [5.41, 5.74) is 6.40. The molecule has 2 aliphatic rings. The Balaban J connectivity index is 1.16. The van der Waals surface area contributed by atoms with E-state index in [0.29, 0.717) is 48.2 Å². The summed E-state index contributed by atoms with van der Waals surface area (Å²) in [7, 11) is 0. The fourth-order valence-electron chi connectivity index (χ4n) is 6.20. The van der Waals surface area contributed by atoms with Crippen molar-refractivity contribution >= 4 is 34.5 Å². The van der Waals surface area contributed by atoms with Gasteiger partial charge >= 0.3 is 0 Å². The molecule has 4 aromatic rings. The molecule has 1 amide bonds. The molecule has 3 heterocycles. The van der Waals surface area contributed by atoms with E-state index >= 15 is 0 Å². The zero-order valence-corrected chi connectivity index (χ0v) is 29.3. The van der Waals surface area contributed by atoms with E-state index in [1.54, 1.807) is 12.5 Å². The minimum absolute atomic E-state index is 0.137. The zero-order chi connectivity index (χ0) is 34.0. The first-order chi connectivity index (χ1) is 24.0. The van der Waals surface area contributed by atoms with Crippen LogP contribution >= 0.6 is 0 Å². The molecule has 0 aliphatic carbocycles. The van der Waals surface area contributed by atoms with Crippen molar-refractivity contribution in [3.63, 3.8) is 0 Å². The number of benzene rings is 3. The maximum absolute atomic E-state index is 13.7. The van der Waals surface area contributed by atoms with Crippen LogP contribution in [-0.4, -0.2) is 59.5 Å². The van der Waals surface area contributed by atoms with Crippen molar-refractivity contribution in [2.75, 3.05) is 49.7 Å². The molecule has 1 atom stereocenters. The Morgan fingerprint density at radius 3 is 2.63 bits per heavy atom. The van der Waals surface area contributed by atoms with Gasteiger partial charge in [-0.05, 0) is 103 Å². The highest BCUT2D eigenvalue weighted by atomic mass is 32.2. The van der Waals surface area contributed by atoms with Crippen molar-refractivity contribution in [3.8, 4) is 22.6 Å². The molecule has 3 aromatic carbocycles. The standard InChI is InChI=1S/C39H46N4O5S/c1-3-5-19-46-21-22-47-35-12-8-29(9-13-35)31-24-32-23-30(7-6-17-42-18-20-48-37(25-31)38(32)42)39(44)41-33-10-14-36(15-11-33)49(45)27-34-26-40-28-43(34)16-4-2/h8-15,23-26,28H,3-7,16-22,27H2,1-2H3,(H,41,44)/b30-23+. The SMILES string of the molecule is CCCCOCCOc1ccc(-c2cc3c4c(c2)OCCN4CCC/C(C(=O)Nc2ccc([S+]([O-])Cc4cncn4CCC)cc2)=C\3)cc1. The van der Waals surface area contributed by atoms with Crippen LogP contribution in [0.5, 0.6) is 11.5 Å². The number of hydrogen-bond donors (Lipinski definition) is 1. The lowest BCUT2D eigenvalue weighted by Crippen LogP contribution is -2.35. The van der Waals surface area contributed by atoms with Gasteiger partial charge in [-0.2, -0.15) is 0 Å². The quantitative estimate of drug-likeness (QED) is 0.103. The number of imidazole rings is 1. The molecule has 0 fully saturated rings. The van der Waals surface area contributed by atoms with Gasteiger partial charge in [0.05, 0.1) is 37.1 Å². The summed E-state index contributed by atoms with van der Waals surface area (Å²) < 4.78 is 32.8. The van der Waals surface area contributed by atoms with Crippen molar-refractivity contribution in [1.29, 1.82) is 0 Å². The lowest BCUT2D eigenvalue weighted by Gasteiger charge is -2.34. The molecule has 1 N–H and O–H groups in total. The monoisotopic (exact) mass is 682 g/mol. The number of rotatable bonds is 15. The largest absolute Gasteiger partial charge is 0.611 e. The van der Waals surface area contributed by atoms with E-state index in [-0.39, 0.29) is 5.91 Å². The van der Waals surface area contributed by atoms with E-state index in [0.717, 1.165) is 91.5 Å². The molecule has 10 heteroatoms. The van der Waals surface area contributed by atoms with E-state index in [4.69, 9.17) is 14.2 Å². The minimum atomic E-state index is -1.22. The summed E-state index contributed by atoms with van der Waals surface area (Å²) in [6.07, 6.45) is 10.3. The van der Waals surface area contributed by atoms with Crippen LogP contribution in [-0.2, 0) is 33.0 Å². The number of aryl methyl sites for hydroxylation is 1. The molecule has 258 valence electrons. The molecule has 0 saturated carbocycles. The van der Waals surface area contributed by atoms with Gasteiger partial charge in [-0.1, -0.05) is 32.4 Å². The first kappa shape index (κ1) is 34.6.